The maximum absolute atomic E-state index is 12.9. The second kappa shape index (κ2) is 7.09. The van der Waals surface area contributed by atoms with Gasteiger partial charge in [0, 0.05) is 25.7 Å². The number of nitrogens with zero attached hydrogens (tertiary/aromatic N) is 1. The lowest BCUT2D eigenvalue weighted by molar-refractivity contribution is -0.166. The minimum atomic E-state index is -4.47. The summed E-state index contributed by atoms with van der Waals surface area (Å²) in [6, 6.07) is 5.10. The first-order valence-electron chi connectivity index (χ1n) is 7.03. The molecular weight excluding hydrogens is 302 g/mol. The molecule has 0 spiro atoms. The van der Waals surface area contributed by atoms with Gasteiger partial charge in [-0.15, -0.1) is 0 Å². The summed E-state index contributed by atoms with van der Waals surface area (Å²) in [5.41, 5.74) is 0.464. The first-order chi connectivity index (χ1) is 10.3. The molecule has 22 heavy (non-hydrogen) atoms. The SMILES string of the molecule is O=C(C1CCOCC1)N(Cc1ccc(F)cc1)CC(F)(F)F. The normalized spacial score (nSPS) is 16.5. The molecule has 1 amide bonds. The minimum Gasteiger partial charge on any atom is -0.381 e. The highest BCUT2D eigenvalue weighted by molar-refractivity contribution is 5.79. The maximum Gasteiger partial charge on any atom is 0.406 e. The van der Waals surface area contributed by atoms with Crippen LogP contribution in [-0.2, 0) is 16.1 Å². The molecule has 0 radical (unpaired) electrons. The van der Waals surface area contributed by atoms with Crippen LogP contribution in [0.5, 0.6) is 0 Å². The van der Waals surface area contributed by atoms with Gasteiger partial charge in [0.2, 0.25) is 5.91 Å². The molecule has 0 unspecified atom stereocenters. The van der Waals surface area contributed by atoms with Crippen LogP contribution in [0.15, 0.2) is 24.3 Å². The van der Waals surface area contributed by atoms with Crippen molar-refractivity contribution < 1.29 is 27.1 Å². The van der Waals surface area contributed by atoms with Crippen molar-refractivity contribution in [3.05, 3.63) is 35.6 Å². The maximum atomic E-state index is 12.9. The molecule has 3 nitrogen and oxygen atoms in total. The van der Waals surface area contributed by atoms with Crippen LogP contribution in [-0.4, -0.2) is 36.7 Å². The molecule has 1 aromatic rings. The number of alkyl halides is 3. The van der Waals surface area contributed by atoms with Gasteiger partial charge in [-0.25, -0.2) is 4.39 Å². The highest BCUT2D eigenvalue weighted by Gasteiger charge is 2.35. The lowest BCUT2D eigenvalue weighted by Crippen LogP contribution is -2.43. The van der Waals surface area contributed by atoms with Crippen molar-refractivity contribution in [2.24, 2.45) is 5.92 Å². The van der Waals surface area contributed by atoms with Gasteiger partial charge in [-0.1, -0.05) is 12.1 Å². The van der Waals surface area contributed by atoms with E-state index >= 15 is 0 Å². The number of ether oxygens (including phenoxy) is 1. The van der Waals surface area contributed by atoms with E-state index in [9.17, 15) is 22.4 Å². The van der Waals surface area contributed by atoms with E-state index in [-0.39, 0.29) is 6.54 Å². The fourth-order valence-corrected chi connectivity index (χ4v) is 2.44. The quantitative estimate of drug-likeness (QED) is 0.798. The van der Waals surface area contributed by atoms with E-state index in [1.54, 1.807) is 0 Å². The summed E-state index contributed by atoms with van der Waals surface area (Å²) < 4.78 is 56.2. The fourth-order valence-electron chi connectivity index (χ4n) is 2.44. The van der Waals surface area contributed by atoms with Crippen molar-refractivity contribution in [3.8, 4) is 0 Å². The monoisotopic (exact) mass is 319 g/mol. The molecule has 1 aliphatic heterocycles. The van der Waals surface area contributed by atoms with Crippen molar-refractivity contribution in [2.45, 2.75) is 25.6 Å². The molecule has 1 saturated heterocycles. The molecule has 0 N–H and O–H groups in total. The van der Waals surface area contributed by atoms with E-state index in [1.807, 2.05) is 0 Å². The largest absolute Gasteiger partial charge is 0.406 e. The van der Waals surface area contributed by atoms with Gasteiger partial charge >= 0.3 is 6.18 Å². The van der Waals surface area contributed by atoms with Crippen molar-refractivity contribution in [1.82, 2.24) is 4.90 Å². The van der Waals surface area contributed by atoms with Crippen LogP contribution in [0.4, 0.5) is 17.6 Å². The number of carbonyl (C=O) groups excluding carboxylic acids is 1. The van der Waals surface area contributed by atoms with Gasteiger partial charge in [-0.2, -0.15) is 13.2 Å². The number of hydrogen-bond donors (Lipinski definition) is 0. The topological polar surface area (TPSA) is 29.5 Å². The Morgan fingerprint density at radius 3 is 2.32 bits per heavy atom. The standard InChI is InChI=1S/C15H17F4NO2/c16-13-3-1-11(2-4-13)9-20(10-15(17,18)19)14(21)12-5-7-22-8-6-12/h1-4,12H,5-10H2. The molecule has 1 aliphatic rings. The van der Waals surface area contributed by atoms with Crippen LogP contribution in [0.2, 0.25) is 0 Å². The van der Waals surface area contributed by atoms with Crippen LogP contribution in [0, 0.1) is 11.7 Å². The highest BCUT2D eigenvalue weighted by atomic mass is 19.4. The third-order valence-corrected chi connectivity index (χ3v) is 3.54. The summed E-state index contributed by atoms with van der Waals surface area (Å²) in [5.74, 6) is -1.44. The summed E-state index contributed by atoms with van der Waals surface area (Å²) in [4.78, 5) is 13.1. The van der Waals surface area contributed by atoms with Crippen LogP contribution in [0.1, 0.15) is 18.4 Å². The summed E-state index contributed by atoms with van der Waals surface area (Å²) >= 11 is 0. The molecule has 1 heterocycles. The van der Waals surface area contributed by atoms with Gasteiger partial charge in [-0.05, 0) is 30.5 Å². The summed E-state index contributed by atoms with van der Waals surface area (Å²) in [6.45, 7) is -0.726. The second-order valence-corrected chi connectivity index (χ2v) is 5.32. The molecule has 0 aromatic heterocycles. The Morgan fingerprint density at radius 1 is 1.18 bits per heavy atom. The summed E-state index contributed by atoms with van der Waals surface area (Å²) in [5, 5.41) is 0. The Hall–Kier alpha value is -1.63. The first-order valence-corrected chi connectivity index (χ1v) is 7.03. The number of hydrogen-bond acceptors (Lipinski definition) is 2. The zero-order valence-corrected chi connectivity index (χ0v) is 11.9. The average Bonchev–Trinajstić information content (AvgIpc) is 2.48. The van der Waals surface area contributed by atoms with Gasteiger partial charge in [0.1, 0.15) is 12.4 Å². The van der Waals surface area contributed by atoms with Gasteiger partial charge in [0.15, 0.2) is 0 Å². The molecule has 0 saturated carbocycles. The van der Waals surface area contributed by atoms with Crippen molar-refractivity contribution >= 4 is 5.91 Å². The van der Waals surface area contributed by atoms with E-state index in [0.717, 1.165) is 4.90 Å². The predicted octanol–water partition coefficient (Wildman–Crippen LogP) is 3.14. The van der Waals surface area contributed by atoms with Crippen LogP contribution < -0.4 is 0 Å². The Bertz CT molecular complexity index is 495. The molecule has 122 valence electrons. The first kappa shape index (κ1) is 16.7. The molecule has 0 bridgehead atoms. The molecule has 1 aromatic carbocycles. The van der Waals surface area contributed by atoms with Crippen LogP contribution in [0.3, 0.4) is 0 Å². The Labute approximate surface area is 125 Å². The van der Waals surface area contributed by atoms with Gasteiger partial charge in [0.05, 0.1) is 0 Å². The summed E-state index contributed by atoms with van der Waals surface area (Å²) in [7, 11) is 0. The Balaban J connectivity index is 2.10. The Kier molecular flexibility index (Phi) is 5.39. The molecule has 1 fully saturated rings. The number of carbonyl (C=O) groups is 1. The number of halogens is 4. The average molecular weight is 319 g/mol. The Morgan fingerprint density at radius 2 is 1.77 bits per heavy atom. The van der Waals surface area contributed by atoms with Gasteiger partial charge < -0.3 is 9.64 Å². The number of benzene rings is 1. The molecule has 7 heteroatoms. The fraction of sp³-hybridized carbons (Fsp3) is 0.533. The number of rotatable bonds is 4. The van der Waals surface area contributed by atoms with E-state index in [2.05, 4.69) is 0 Å². The highest BCUT2D eigenvalue weighted by Crippen LogP contribution is 2.23. The van der Waals surface area contributed by atoms with E-state index in [4.69, 9.17) is 4.74 Å². The lowest BCUT2D eigenvalue weighted by atomic mass is 9.98. The molecule has 0 atom stereocenters. The van der Waals surface area contributed by atoms with Crippen LogP contribution >= 0.6 is 0 Å². The lowest BCUT2D eigenvalue weighted by Gasteiger charge is -2.30. The minimum absolute atomic E-state index is 0.185. The van der Waals surface area contributed by atoms with E-state index in [0.29, 0.717) is 31.6 Å². The third-order valence-electron chi connectivity index (χ3n) is 3.54. The van der Waals surface area contributed by atoms with Crippen molar-refractivity contribution in [1.29, 1.82) is 0 Å². The second-order valence-electron chi connectivity index (χ2n) is 5.32. The zero-order valence-electron chi connectivity index (χ0n) is 11.9. The number of amides is 1. The van der Waals surface area contributed by atoms with Crippen molar-refractivity contribution in [2.75, 3.05) is 19.8 Å². The van der Waals surface area contributed by atoms with Gasteiger partial charge in [-0.3, -0.25) is 4.79 Å². The smallest absolute Gasteiger partial charge is 0.381 e. The third kappa shape index (κ3) is 4.98. The molecule has 0 aliphatic carbocycles. The van der Waals surface area contributed by atoms with E-state index in [1.165, 1.54) is 24.3 Å². The van der Waals surface area contributed by atoms with Crippen LogP contribution in [0.25, 0.3) is 0 Å². The van der Waals surface area contributed by atoms with E-state index < -0.39 is 30.4 Å². The molecular formula is C15H17F4NO2. The zero-order chi connectivity index (χ0) is 16.2. The predicted molar refractivity (Wildman–Crippen MR) is 71.4 cm³/mol. The van der Waals surface area contributed by atoms with Crippen molar-refractivity contribution in [3.63, 3.8) is 0 Å². The summed E-state index contributed by atoms with van der Waals surface area (Å²) in [6.07, 6.45) is -3.62. The van der Waals surface area contributed by atoms with Gasteiger partial charge in [0.25, 0.3) is 0 Å². The molecule has 2 rings (SSSR count).